The van der Waals surface area contributed by atoms with E-state index in [2.05, 4.69) is 10.3 Å². The van der Waals surface area contributed by atoms with E-state index in [-0.39, 0.29) is 12.3 Å². The summed E-state index contributed by atoms with van der Waals surface area (Å²) < 4.78 is 10.3. The molecular weight excluding hydrogens is 256 g/mol. The van der Waals surface area contributed by atoms with E-state index in [1.54, 1.807) is 38.6 Å². The van der Waals surface area contributed by atoms with Crippen LogP contribution >= 0.6 is 0 Å². The van der Waals surface area contributed by atoms with Crippen LogP contribution in [-0.2, 0) is 11.2 Å². The molecule has 1 heterocycles. The molecule has 2 aromatic rings. The second-order valence-corrected chi connectivity index (χ2v) is 4.11. The number of methoxy groups -OCH3 is 2. The third-order valence-electron chi connectivity index (χ3n) is 2.75. The number of amides is 1. The molecule has 0 saturated carbocycles. The minimum absolute atomic E-state index is 0.157. The fourth-order valence-corrected chi connectivity index (χ4v) is 1.77. The number of nitrogens with one attached hydrogen (secondary N) is 1. The Morgan fingerprint density at radius 1 is 1.20 bits per heavy atom. The molecule has 1 amide bonds. The van der Waals surface area contributed by atoms with Crippen LogP contribution < -0.4 is 14.8 Å². The summed E-state index contributed by atoms with van der Waals surface area (Å²) in [6.07, 6.45) is 1.87. The highest BCUT2D eigenvalue weighted by Gasteiger charge is 2.10. The molecule has 0 fully saturated rings. The predicted molar refractivity (Wildman–Crippen MR) is 76.1 cm³/mol. The van der Waals surface area contributed by atoms with Gasteiger partial charge < -0.3 is 14.8 Å². The molecule has 0 aliphatic heterocycles. The van der Waals surface area contributed by atoms with Crippen LogP contribution in [0.5, 0.6) is 11.5 Å². The Balaban J connectivity index is 2.10. The maximum absolute atomic E-state index is 12.0. The zero-order valence-corrected chi connectivity index (χ0v) is 11.4. The Bertz CT molecular complexity index is 585. The Morgan fingerprint density at radius 3 is 2.70 bits per heavy atom. The maximum atomic E-state index is 12.0. The van der Waals surface area contributed by atoms with Crippen LogP contribution in [0, 0.1) is 0 Å². The van der Waals surface area contributed by atoms with Gasteiger partial charge in [-0.15, -0.1) is 0 Å². The molecule has 0 aliphatic rings. The van der Waals surface area contributed by atoms with Crippen molar-refractivity contribution < 1.29 is 14.3 Å². The fraction of sp³-hybridized carbons (Fsp3) is 0.200. The molecule has 0 unspecified atom stereocenters. The van der Waals surface area contributed by atoms with E-state index >= 15 is 0 Å². The van der Waals surface area contributed by atoms with Gasteiger partial charge in [-0.2, -0.15) is 0 Å². The van der Waals surface area contributed by atoms with Crippen molar-refractivity contribution in [3.05, 3.63) is 48.3 Å². The average molecular weight is 272 g/mol. The largest absolute Gasteiger partial charge is 0.497 e. The molecule has 104 valence electrons. The van der Waals surface area contributed by atoms with Crippen LogP contribution in [0.15, 0.2) is 42.6 Å². The lowest BCUT2D eigenvalue weighted by Crippen LogP contribution is -2.15. The lowest BCUT2D eigenvalue weighted by Gasteiger charge is -2.11. The third kappa shape index (κ3) is 3.47. The van der Waals surface area contributed by atoms with E-state index in [4.69, 9.17) is 9.47 Å². The first-order valence-electron chi connectivity index (χ1n) is 6.14. The molecule has 5 heteroatoms. The summed E-state index contributed by atoms with van der Waals surface area (Å²) in [4.78, 5) is 16.1. The highest BCUT2D eigenvalue weighted by molar-refractivity contribution is 5.93. The molecular formula is C15H16N2O3. The van der Waals surface area contributed by atoms with Crippen molar-refractivity contribution in [2.24, 2.45) is 0 Å². The summed E-state index contributed by atoms with van der Waals surface area (Å²) in [6, 6.07) is 10.7. The summed E-state index contributed by atoms with van der Waals surface area (Å²) in [6.45, 7) is 0. The summed E-state index contributed by atoms with van der Waals surface area (Å²) in [7, 11) is 3.12. The number of carbonyl (C=O) groups is 1. The van der Waals surface area contributed by atoms with Crippen molar-refractivity contribution in [3.8, 4) is 11.5 Å². The van der Waals surface area contributed by atoms with Crippen molar-refractivity contribution >= 4 is 11.6 Å². The predicted octanol–water partition coefficient (Wildman–Crippen LogP) is 2.28. The second-order valence-electron chi connectivity index (χ2n) is 4.11. The van der Waals surface area contributed by atoms with Gasteiger partial charge in [0, 0.05) is 18.0 Å². The van der Waals surface area contributed by atoms with Gasteiger partial charge in [0.15, 0.2) is 0 Å². The normalized spacial score (nSPS) is 9.90. The van der Waals surface area contributed by atoms with Crippen LogP contribution in [0.2, 0.25) is 0 Å². The van der Waals surface area contributed by atoms with E-state index in [0.29, 0.717) is 22.9 Å². The quantitative estimate of drug-likeness (QED) is 0.907. The minimum Gasteiger partial charge on any atom is -0.497 e. The Labute approximate surface area is 117 Å². The van der Waals surface area contributed by atoms with Crippen molar-refractivity contribution in [2.75, 3.05) is 19.5 Å². The van der Waals surface area contributed by atoms with Gasteiger partial charge in [0.1, 0.15) is 11.5 Å². The smallest absolute Gasteiger partial charge is 0.230 e. The molecule has 1 aromatic carbocycles. The number of rotatable bonds is 5. The van der Waals surface area contributed by atoms with Crippen LogP contribution in [0.4, 0.5) is 5.69 Å². The number of anilines is 1. The maximum Gasteiger partial charge on any atom is 0.230 e. The number of nitrogens with zero attached hydrogens (tertiary/aromatic N) is 1. The van der Waals surface area contributed by atoms with Gasteiger partial charge in [-0.1, -0.05) is 6.07 Å². The first-order valence-corrected chi connectivity index (χ1v) is 6.14. The summed E-state index contributed by atoms with van der Waals surface area (Å²) in [5, 5.41) is 2.80. The van der Waals surface area contributed by atoms with Gasteiger partial charge in [0.25, 0.3) is 0 Å². The second kappa shape index (κ2) is 6.56. The summed E-state index contributed by atoms with van der Waals surface area (Å²) >= 11 is 0. The first-order chi connectivity index (χ1) is 9.72. The Kier molecular flexibility index (Phi) is 4.55. The number of ether oxygens (including phenoxy) is 2. The molecule has 0 bridgehead atoms. The Hall–Kier alpha value is -2.56. The molecule has 0 atom stereocenters. The van der Waals surface area contributed by atoms with Crippen LogP contribution in [0.3, 0.4) is 0 Å². The highest BCUT2D eigenvalue weighted by atomic mass is 16.5. The number of aromatic nitrogens is 1. The third-order valence-corrected chi connectivity index (χ3v) is 2.75. The molecule has 0 saturated heterocycles. The number of pyridine rings is 1. The van der Waals surface area contributed by atoms with E-state index in [1.807, 2.05) is 18.2 Å². The molecule has 5 nitrogen and oxygen atoms in total. The molecule has 0 spiro atoms. The fourth-order valence-electron chi connectivity index (χ4n) is 1.77. The number of benzene rings is 1. The standard InChI is InChI=1S/C15H16N2O3/c1-19-12-6-7-14(20-2)13(10-12)17-15(18)9-11-5-3-4-8-16-11/h3-8,10H,9H2,1-2H3,(H,17,18). The number of carbonyl (C=O) groups excluding carboxylic acids is 1. The molecule has 2 rings (SSSR count). The van der Waals surface area contributed by atoms with Crippen LogP contribution in [0.1, 0.15) is 5.69 Å². The van der Waals surface area contributed by atoms with E-state index in [9.17, 15) is 4.79 Å². The minimum atomic E-state index is -0.157. The monoisotopic (exact) mass is 272 g/mol. The van der Waals surface area contributed by atoms with Gasteiger partial charge in [-0.25, -0.2) is 0 Å². The van der Waals surface area contributed by atoms with Crippen LogP contribution in [0.25, 0.3) is 0 Å². The van der Waals surface area contributed by atoms with Gasteiger partial charge in [0.2, 0.25) is 5.91 Å². The zero-order valence-electron chi connectivity index (χ0n) is 11.4. The van der Waals surface area contributed by atoms with Gasteiger partial charge in [-0.3, -0.25) is 9.78 Å². The zero-order chi connectivity index (χ0) is 14.4. The number of hydrogen-bond acceptors (Lipinski definition) is 4. The van der Waals surface area contributed by atoms with Crippen LogP contribution in [-0.4, -0.2) is 25.1 Å². The SMILES string of the molecule is COc1ccc(OC)c(NC(=O)Cc2ccccn2)c1. The molecule has 0 aliphatic carbocycles. The lowest BCUT2D eigenvalue weighted by molar-refractivity contribution is -0.115. The molecule has 20 heavy (non-hydrogen) atoms. The van der Waals surface area contributed by atoms with E-state index < -0.39 is 0 Å². The highest BCUT2D eigenvalue weighted by Crippen LogP contribution is 2.28. The van der Waals surface area contributed by atoms with Crippen molar-refractivity contribution in [2.45, 2.75) is 6.42 Å². The Morgan fingerprint density at radius 2 is 2.05 bits per heavy atom. The van der Waals surface area contributed by atoms with E-state index in [1.165, 1.54) is 0 Å². The van der Waals surface area contributed by atoms with Gasteiger partial charge in [-0.05, 0) is 24.3 Å². The average Bonchev–Trinajstić information content (AvgIpc) is 2.48. The van der Waals surface area contributed by atoms with Crippen molar-refractivity contribution in [3.63, 3.8) is 0 Å². The van der Waals surface area contributed by atoms with Crippen molar-refractivity contribution in [1.29, 1.82) is 0 Å². The molecule has 0 radical (unpaired) electrons. The van der Waals surface area contributed by atoms with E-state index in [0.717, 1.165) is 0 Å². The van der Waals surface area contributed by atoms with Gasteiger partial charge >= 0.3 is 0 Å². The molecule has 1 aromatic heterocycles. The van der Waals surface area contributed by atoms with Gasteiger partial charge in [0.05, 0.1) is 26.3 Å². The number of hydrogen-bond donors (Lipinski definition) is 1. The van der Waals surface area contributed by atoms with Crippen molar-refractivity contribution in [1.82, 2.24) is 4.98 Å². The summed E-state index contributed by atoms with van der Waals surface area (Å²) in [5.74, 6) is 1.08. The topological polar surface area (TPSA) is 60.5 Å². The first kappa shape index (κ1) is 13.9. The summed E-state index contributed by atoms with van der Waals surface area (Å²) in [5.41, 5.74) is 1.29. The lowest BCUT2D eigenvalue weighted by atomic mass is 10.2. The molecule has 1 N–H and O–H groups in total.